The number of piperidine rings is 1. The van der Waals surface area contributed by atoms with E-state index in [0.29, 0.717) is 17.0 Å². The van der Waals surface area contributed by atoms with Crippen LogP contribution in [0.1, 0.15) is 18.4 Å². The number of cyclic esters (lactones) is 1. The van der Waals surface area contributed by atoms with Crippen molar-refractivity contribution in [1.82, 2.24) is 10.7 Å². The monoisotopic (exact) mass is 342 g/mol. The molecule has 1 amide bonds. The molecule has 3 N–H and O–H groups in total. The molecule has 3 rings (SSSR count). The summed E-state index contributed by atoms with van der Waals surface area (Å²) in [5.41, 5.74) is 3.61. The summed E-state index contributed by atoms with van der Waals surface area (Å²) < 4.78 is 31.7. The first-order valence-electron chi connectivity index (χ1n) is 7.36. The molecule has 0 atom stereocenters. The molecule has 0 aliphatic carbocycles. The number of nitrogens with zero attached hydrogens (tertiary/aromatic N) is 1. The lowest BCUT2D eigenvalue weighted by Crippen LogP contribution is -2.36. The topological polar surface area (TPSA) is 74.8 Å². The fourth-order valence-corrected chi connectivity index (χ4v) is 3.18. The Kier molecular flexibility index (Phi) is 5.03. The van der Waals surface area contributed by atoms with Crippen LogP contribution in [0.4, 0.5) is 18.9 Å². The van der Waals surface area contributed by atoms with E-state index in [0.717, 1.165) is 25.9 Å². The van der Waals surface area contributed by atoms with Crippen molar-refractivity contribution in [3.63, 3.8) is 0 Å². The molecule has 9 heteroatoms. The molecule has 1 aromatic carbocycles. The molecule has 0 saturated carbocycles. The Labute approximate surface area is 133 Å². The number of hydrogen-bond acceptors (Lipinski definition) is 5. The molecule has 0 spiro atoms. The van der Waals surface area contributed by atoms with Gasteiger partial charge in [0.1, 0.15) is 12.3 Å². The van der Waals surface area contributed by atoms with Crippen LogP contribution >= 0.6 is 8.54 Å². The summed E-state index contributed by atoms with van der Waals surface area (Å²) in [5, 5.41) is 10.3. The Balaban J connectivity index is 1.82. The number of nitrogens with one attached hydrogen (secondary N) is 3. The highest BCUT2D eigenvalue weighted by atomic mass is 31.2. The van der Waals surface area contributed by atoms with E-state index in [9.17, 15) is 13.2 Å². The predicted octanol–water partition coefficient (Wildman–Crippen LogP) is 2.17. The maximum absolute atomic E-state index is 13.5. The summed E-state index contributed by atoms with van der Waals surface area (Å²) in [7, 11) is -3.25. The van der Waals surface area contributed by atoms with Gasteiger partial charge in [0, 0.05) is 17.3 Å². The Morgan fingerprint density at radius 1 is 1.30 bits per heavy atom. The SMILES string of the molecule is O=C1NN=C(c2ccc(NC3CCNCC3)c(P(F)F)c2)CO1. The number of carbonyl (C=O) groups is 1. The van der Waals surface area contributed by atoms with Gasteiger partial charge in [-0.25, -0.2) is 10.2 Å². The van der Waals surface area contributed by atoms with Crippen LogP contribution in [0.5, 0.6) is 0 Å². The zero-order valence-corrected chi connectivity index (χ0v) is 13.2. The molecule has 1 aromatic rings. The highest BCUT2D eigenvalue weighted by molar-refractivity contribution is 7.55. The van der Waals surface area contributed by atoms with E-state index >= 15 is 0 Å². The van der Waals surface area contributed by atoms with Crippen LogP contribution in [0.15, 0.2) is 23.3 Å². The number of anilines is 1. The van der Waals surface area contributed by atoms with E-state index in [1.807, 2.05) is 0 Å². The molecule has 2 heterocycles. The van der Waals surface area contributed by atoms with Crippen molar-refractivity contribution < 1.29 is 17.9 Å². The Bertz CT molecular complexity index is 621. The third-order valence-electron chi connectivity index (χ3n) is 3.83. The number of hydrogen-bond donors (Lipinski definition) is 3. The van der Waals surface area contributed by atoms with Gasteiger partial charge in [-0.2, -0.15) is 13.5 Å². The van der Waals surface area contributed by atoms with Gasteiger partial charge in [0.05, 0.1) is 5.30 Å². The van der Waals surface area contributed by atoms with Crippen molar-refractivity contribution in [3.05, 3.63) is 23.8 Å². The number of amides is 1. The molecular weight excluding hydrogens is 325 g/mol. The third-order valence-corrected chi connectivity index (χ3v) is 4.57. The Hall–Kier alpha value is -1.79. The second-order valence-corrected chi connectivity index (χ2v) is 6.33. The van der Waals surface area contributed by atoms with Crippen LogP contribution < -0.4 is 21.4 Å². The molecule has 23 heavy (non-hydrogen) atoms. The van der Waals surface area contributed by atoms with E-state index in [1.54, 1.807) is 12.1 Å². The fourth-order valence-electron chi connectivity index (χ4n) is 2.62. The minimum absolute atomic E-state index is 0.00404. The molecule has 1 fully saturated rings. The van der Waals surface area contributed by atoms with Crippen molar-refractivity contribution in [2.24, 2.45) is 5.10 Å². The second kappa shape index (κ2) is 7.19. The quantitative estimate of drug-likeness (QED) is 0.733. The zero-order valence-electron chi connectivity index (χ0n) is 12.3. The lowest BCUT2D eigenvalue weighted by atomic mass is 10.1. The third kappa shape index (κ3) is 3.95. The van der Waals surface area contributed by atoms with Gasteiger partial charge in [-0.3, -0.25) is 0 Å². The summed E-state index contributed by atoms with van der Waals surface area (Å²) >= 11 is 0. The molecule has 124 valence electrons. The minimum atomic E-state index is -3.25. The van der Waals surface area contributed by atoms with Crippen molar-refractivity contribution in [1.29, 1.82) is 0 Å². The van der Waals surface area contributed by atoms with E-state index in [1.165, 1.54) is 6.07 Å². The highest BCUT2D eigenvalue weighted by Gasteiger charge is 2.21. The van der Waals surface area contributed by atoms with Crippen LogP contribution in [-0.2, 0) is 4.74 Å². The van der Waals surface area contributed by atoms with Gasteiger partial charge in [0.25, 0.3) is 8.54 Å². The summed E-state index contributed by atoms with van der Waals surface area (Å²) in [6, 6.07) is 4.99. The molecule has 1 saturated heterocycles. The fraction of sp³-hybridized carbons (Fsp3) is 0.429. The van der Waals surface area contributed by atoms with Crippen LogP contribution in [0.3, 0.4) is 0 Å². The first-order chi connectivity index (χ1) is 11.1. The minimum Gasteiger partial charge on any atom is -0.442 e. The summed E-state index contributed by atoms with van der Waals surface area (Å²) in [4.78, 5) is 10.9. The second-order valence-electron chi connectivity index (χ2n) is 5.38. The van der Waals surface area contributed by atoms with E-state index in [4.69, 9.17) is 4.74 Å². The van der Waals surface area contributed by atoms with E-state index in [2.05, 4.69) is 21.2 Å². The van der Waals surface area contributed by atoms with Crippen molar-refractivity contribution in [3.8, 4) is 0 Å². The van der Waals surface area contributed by atoms with Gasteiger partial charge in [-0.15, -0.1) is 0 Å². The maximum atomic E-state index is 13.5. The first kappa shape index (κ1) is 16.1. The zero-order chi connectivity index (χ0) is 16.2. The summed E-state index contributed by atoms with van der Waals surface area (Å²) in [6.07, 6.45) is 1.17. The Morgan fingerprint density at radius 3 is 2.74 bits per heavy atom. The number of benzene rings is 1. The van der Waals surface area contributed by atoms with Crippen LogP contribution in [0.2, 0.25) is 0 Å². The summed E-state index contributed by atoms with van der Waals surface area (Å²) in [6.45, 7) is 1.75. The van der Waals surface area contributed by atoms with E-state index in [-0.39, 0.29) is 18.0 Å². The average Bonchev–Trinajstić information content (AvgIpc) is 2.57. The van der Waals surface area contributed by atoms with Crippen molar-refractivity contribution in [2.45, 2.75) is 18.9 Å². The van der Waals surface area contributed by atoms with Gasteiger partial charge in [-0.05, 0) is 38.1 Å². The van der Waals surface area contributed by atoms with Crippen LogP contribution in [0, 0.1) is 0 Å². The molecule has 2 aliphatic rings. The van der Waals surface area contributed by atoms with Gasteiger partial charge in [0.15, 0.2) is 0 Å². The smallest absolute Gasteiger partial charge is 0.428 e. The normalized spacial score (nSPS) is 19.1. The number of hydrazone groups is 1. The summed E-state index contributed by atoms with van der Waals surface area (Å²) in [5.74, 6) is 0. The molecule has 0 bridgehead atoms. The lowest BCUT2D eigenvalue weighted by Gasteiger charge is -2.26. The average molecular weight is 342 g/mol. The number of rotatable bonds is 4. The number of carbonyl (C=O) groups excluding carboxylic acids is 1. The van der Waals surface area contributed by atoms with Crippen LogP contribution in [0.25, 0.3) is 0 Å². The van der Waals surface area contributed by atoms with E-state index < -0.39 is 14.6 Å². The number of halogens is 2. The van der Waals surface area contributed by atoms with Gasteiger partial charge in [0.2, 0.25) is 0 Å². The highest BCUT2D eigenvalue weighted by Crippen LogP contribution is 2.40. The number of ether oxygens (including phenoxy) is 1. The molecule has 0 aromatic heterocycles. The molecule has 6 nitrogen and oxygen atoms in total. The largest absolute Gasteiger partial charge is 0.442 e. The standard InChI is InChI=1S/C14H17F2N4O2P/c15-23(16)13-7-9(12-8-22-14(21)20-19-12)1-2-11(13)18-10-3-5-17-6-4-10/h1-2,7,10,17-18H,3-6,8H2,(H,20,21). The predicted molar refractivity (Wildman–Crippen MR) is 85.7 cm³/mol. The van der Waals surface area contributed by atoms with Gasteiger partial charge < -0.3 is 15.4 Å². The van der Waals surface area contributed by atoms with Crippen molar-refractivity contribution >= 4 is 31.3 Å². The molecule has 2 aliphatic heterocycles. The molecule has 0 radical (unpaired) electrons. The maximum Gasteiger partial charge on any atom is 0.428 e. The van der Waals surface area contributed by atoms with Crippen molar-refractivity contribution in [2.75, 3.05) is 25.0 Å². The molecular formula is C14H17F2N4O2P. The Morgan fingerprint density at radius 2 is 2.09 bits per heavy atom. The van der Waals surface area contributed by atoms with Crippen LogP contribution in [-0.4, -0.2) is 37.5 Å². The molecule has 0 unspecified atom stereocenters. The van der Waals surface area contributed by atoms with Gasteiger partial charge in [-0.1, -0.05) is 6.07 Å². The van der Waals surface area contributed by atoms with Gasteiger partial charge >= 0.3 is 6.09 Å². The lowest BCUT2D eigenvalue weighted by molar-refractivity contribution is 0.157. The first-order valence-corrected chi connectivity index (χ1v) is 8.48.